The van der Waals surface area contributed by atoms with Crippen molar-refractivity contribution in [2.75, 3.05) is 0 Å². The molecule has 16 heavy (non-hydrogen) atoms. The highest BCUT2D eigenvalue weighted by Crippen LogP contribution is 2.31. The van der Waals surface area contributed by atoms with Gasteiger partial charge in [0.25, 0.3) is 5.69 Å². The van der Waals surface area contributed by atoms with Crippen molar-refractivity contribution < 1.29 is 9.72 Å². The molecule has 0 saturated carbocycles. The predicted octanol–water partition coefficient (Wildman–Crippen LogP) is 3.51. The van der Waals surface area contributed by atoms with E-state index in [1.54, 1.807) is 6.07 Å². The number of alkyl halides is 2. The van der Waals surface area contributed by atoms with Crippen molar-refractivity contribution in [3.63, 3.8) is 0 Å². The number of Topliss-reactive ketones (excluding diaryl/α,β-unsaturated/α-hetero) is 1. The summed E-state index contributed by atoms with van der Waals surface area (Å²) >= 11 is 6.52. The van der Waals surface area contributed by atoms with Crippen molar-refractivity contribution in [2.45, 2.75) is 17.1 Å². The number of non-ortho nitro benzene ring substituents is 1. The van der Waals surface area contributed by atoms with Crippen LogP contribution in [-0.4, -0.2) is 10.7 Å². The molecule has 6 heteroatoms. The smallest absolute Gasteiger partial charge is 0.269 e. The Balaban J connectivity index is 3.27. The Morgan fingerprint density at radius 2 is 2.19 bits per heavy atom. The third kappa shape index (κ3) is 2.89. The average molecular weight is 351 g/mol. The molecular formula is C10H9Br2NO3. The lowest BCUT2D eigenvalue weighted by atomic mass is 10.0. The van der Waals surface area contributed by atoms with E-state index in [0.29, 0.717) is 10.9 Å². The number of hydrogen-bond donors (Lipinski definition) is 0. The SMILES string of the molecule is CC(=O)C(Br)c1cc([N+](=O)[O-])ccc1CBr. The lowest BCUT2D eigenvalue weighted by molar-refractivity contribution is -0.384. The van der Waals surface area contributed by atoms with Gasteiger partial charge in [0.05, 0.1) is 9.75 Å². The Hall–Kier alpha value is -0.750. The van der Waals surface area contributed by atoms with Crippen LogP contribution in [0.25, 0.3) is 0 Å². The van der Waals surface area contributed by atoms with Gasteiger partial charge in [0.2, 0.25) is 0 Å². The predicted molar refractivity (Wildman–Crippen MR) is 68.1 cm³/mol. The Morgan fingerprint density at radius 1 is 1.56 bits per heavy atom. The van der Waals surface area contributed by atoms with Crippen LogP contribution in [-0.2, 0) is 10.1 Å². The highest BCUT2D eigenvalue weighted by Gasteiger charge is 2.19. The lowest BCUT2D eigenvalue weighted by Crippen LogP contribution is -2.05. The molecule has 1 aromatic carbocycles. The van der Waals surface area contributed by atoms with Crippen molar-refractivity contribution >= 4 is 43.3 Å². The molecule has 0 spiro atoms. The molecule has 0 aliphatic rings. The number of carbonyl (C=O) groups is 1. The molecule has 0 aliphatic carbocycles. The number of carbonyl (C=O) groups excluding carboxylic acids is 1. The maximum atomic E-state index is 11.3. The van der Waals surface area contributed by atoms with Crippen molar-refractivity contribution in [2.24, 2.45) is 0 Å². The van der Waals surface area contributed by atoms with Crippen LogP contribution in [0.5, 0.6) is 0 Å². The van der Waals surface area contributed by atoms with E-state index in [2.05, 4.69) is 31.9 Å². The standard InChI is InChI=1S/C10H9Br2NO3/c1-6(14)10(12)9-4-8(13(15)16)3-2-7(9)5-11/h2-4,10H,5H2,1H3. The van der Waals surface area contributed by atoms with Gasteiger partial charge in [0.1, 0.15) is 5.78 Å². The molecule has 0 saturated heterocycles. The van der Waals surface area contributed by atoms with E-state index in [4.69, 9.17) is 0 Å². The normalized spacial score (nSPS) is 12.2. The Kier molecular flexibility index (Phi) is 4.61. The quantitative estimate of drug-likeness (QED) is 0.474. The topological polar surface area (TPSA) is 60.2 Å². The molecule has 1 atom stereocenters. The molecule has 1 unspecified atom stereocenters. The highest BCUT2D eigenvalue weighted by atomic mass is 79.9. The molecule has 0 bridgehead atoms. The number of nitro benzene ring substituents is 1. The van der Waals surface area contributed by atoms with Gasteiger partial charge in [-0.05, 0) is 18.1 Å². The molecule has 1 rings (SSSR count). The first kappa shape index (κ1) is 13.3. The zero-order valence-electron chi connectivity index (χ0n) is 8.44. The number of hydrogen-bond acceptors (Lipinski definition) is 3. The zero-order valence-corrected chi connectivity index (χ0v) is 11.6. The number of nitro groups is 1. The van der Waals surface area contributed by atoms with Gasteiger partial charge in [-0.3, -0.25) is 14.9 Å². The van der Waals surface area contributed by atoms with Crippen molar-refractivity contribution in [1.29, 1.82) is 0 Å². The average Bonchev–Trinajstić information content (AvgIpc) is 2.26. The van der Waals surface area contributed by atoms with E-state index in [-0.39, 0.29) is 11.5 Å². The number of ketones is 1. The number of rotatable bonds is 4. The summed E-state index contributed by atoms with van der Waals surface area (Å²) in [6, 6.07) is 4.51. The molecule has 86 valence electrons. The van der Waals surface area contributed by atoms with Crippen LogP contribution in [0.15, 0.2) is 18.2 Å². The van der Waals surface area contributed by atoms with Crippen LogP contribution in [0.3, 0.4) is 0 Å². The molecule has 0 aliphatic heterocycles. The Labute approximate surface area is 109 Å². The lowest BCUT2D eigenvalue weighted by Gasteiger charge is -2.10. The van der Waals surface area contributed by atoms with E-state index >= 15 is 0 Å². The van der Waals surface area contributed by atoms with E-state index in [9.17, 15) is 14.9 Å². The molecule has 0 fully saturated rings. The van der Waals surface area contributed by atoms with Gasteiger partial charge < -0.3 is 0 Å². The zero-order chi connectivity index (χ0) is 12.3. The van der Waals surface area contributed by atoms with Gasteiger partial charge in [-0.1, -0.05) is 37.9 Å². The Morgan fingerprint density at radius 3 is 2.62 bits per heavy atom. The molecule has 0 amide bonds. The van der Waals surface area contributed by atoms with Crippen LogP contribution in [0.2, 0.25) is 0 Å². The second-order valence-corrected chi connectivity index (χ2v) is 4.72. The minimum atomic E-state index is -0.500. The van der Waals surface area contributed by atoms with Gasteiger partial charge in [-0.25, -0.2) is 0 Å². The number of nitrogens with zero attached hydrogens (tertiary/aromatic N) is 1. The molecule has 0 radical (unpaired) electrons. The third-order valence-electron chi connectivity index (χ3n) is 2.11. The van der Waals surface area contributed by atoms with Gasteiger partial charge in [0.15, 0.2) is 0 Å². The minimum Gasteiger partial charge on any atom is -0.298 e. The molecule has 0 aromatic heterocycles. The maximum absolute atomic E-state index is 11.3. The highest BCUT2D eigenvalue weighted by molar-refractivity contribution is 9.09. The van der Waals surface area contributed by atoms with Crippen LogP contribution in [0, 0.1) is 10.1 Å². The fourth-order valence-corrected chi connectivity index (χ4v) is 2.21. The summed E-state index contributed by atoms with van der Waals surface area (Å²) in [5.74, 6) is -0.0808. The van der Waals surface area contributed by atoms with Crippen LogP contribution in [0.4, 0.5) is 5.69 Å². The minimum absolute atomic E-state index is 0.00889. The first-order chi connectivity index (χ1) is 7.47. The van der Waals surface area contributed by atoms with E-state index in [0.717, 1.165) is 5.56 Å². The summed E-state index contributed by atoms with van der Waals surface area (Å²) in [4.78, 5) is 20.9. The van der Waals surface area contributed by atoms with Crippen LogP contribution in [0.1, 0.15) is 22.9 Å². The molecule has 0 N–H and O–H groups in total. The summed E-state index contributed by atoms with van der Waals surface area (Å²) in [7, 11) is 0. The fourth-order valence-electron chi connectivity index (χ4n) is 1.27. The number of benzene rings is 1. The van der Waals surface area contributed by atoms with Gasteiger partial charge in [-0.15, -0.1) is 0 Å². The van der Waals surface area contributed by atoms with E-state index in [1.165, 1.54) is 19.1 Å². The van der Waals surface area contributed by atoms with Gasteiger partial charge in [0, 0.05) is 17.5 Å². The van der Waals surface area contributed by atoms with Crippen molar-refractivity contribution in [3.8, 4) is 0 Å². The maximum Gasteiger partial charge on any atom is 0.269 e. The van der Waals surface area contributed by atoms with E-state index < -0.39 is 9.75 Å². The van der Waals surface area contributed by atoms with Crippen molar-refractivity contribution in [1.82, 2.24) is 0 Å². The Bertz CT molecular complexity index is 434. The molecule has 1 aromatic rings. The number of halogens is 2. The largest absolute Gasteiger partial charge is 0.298 e. The third-order valence-corrected chi connectivity index (χ3v) is 3.86. The second kappa shape index (κ2) is 5.54. The molecule has 0 heterocycles. The van der Waals surface area contributed by atoms with E-state index in [1.807, 2.05) is 0 Å². The summed E-state index contributed by atoms with van der Waals surface area (Å²) in [5, 5.41) is 11.2. The molecular weight excluding hydrogens is 342 g/mol. The first-order valence-electron chi connectivity index (χ1n) is 4.45. The first-order valence-corrected chi connectivity index (χ1v) is 6.48. The van der Waals surface area contributed by atoms with Crippen LogP contribution >= 0.6 is 31.9 Å². The second-order valence-electron chi connectivity index (χ2n) is 3.25. The van der Waals surface area contributed by atoms with Gasteiger partial charge >= 0.3 is 0 Å². The molecule has 4 nitrogen and oxygen atoms in total. The van der Waals surface area contributed by atoms with Gasteiger partial charge in [-0.2, -0.15) is 0 Å². The monoisotopic (exact) mass is 349 g/mol. The summed E-state index contributed by atoms with van der Waals surface area (Å²) < 4.78 is 0. The van der Waals surface area contributed by atoms with Crippen molar-refractivity contribution in [3.05, 3.63) is 39.4 Å². The van der Waals surface area contributed by atoms with Crippen LogP contribution < -0.4 is 0 Å². The summed E-state index contributed by atoms with van der Waals surface area (Å²) in [6.07, 6.45) is 0. The summed E-state index contributed by atoms with van der Waals surface area (Å²) in [6.45, 7) is 1.44. The fraction of sp³-hybridized carbons (Fsp3) is 0.300. The summed E-state index contributed by atoms with van der Waals surface area (Å²) in [5.41, 5.74) is 1.49.